The van der Waals surface area contributed by atoms with Gasteiger partial charge in [0.1, 0.15) is 0 Å². The highest BCUT2D eigenvalue weighted by Crippen LogP contribution is 2.41. The number of aliphatic hydroxyl groups is 1. The van der Waals surface area contributed by atoms with Crippen LogP contribution in [0.3, 0.4) is 0 Å². The van der Waals surface area contributed by atoms with E-state index in [1.807, 2.05) is 0 Å². The van der Waals surface area contributed by atoms with Gasteiger partial charge in [-0.25, -0.2) is 8.42 Å². The van der Waals surface area contributed by atoms with Crippen LogP contribution < -0.4 is 0 Å². The number of aliphatic hydroxyl groups excluding tert-OH is 1. The van der Waals surface area contributed by atoms with Crippen LogP contribution in [0.5, 0.6) is 0 Å². The minimum absolute atomic E-state index is 0.0499. The largest absolute Gasteiger partial charge is 0.416 e. The molecule has 0 spiro atoms. The second-order valence-electron chi connectivity index (χ2n) is 4.81. The van der Waals surface area contributed by atoms with Gasteiger partial charge in [0, 0.05) is 5.92 Å². The predicted octanol–water partition coefficient (Wildman–Crippen LogP) is 2.35. The third-order valence-corrected chi connectivity index (χ3v) is 5.04. The summed E-state index contributed by atoms with van der Waals surface area (Å²) in [5.74, 6) is -0.823. The third-order valence-electron chi connectivity index (χ3n) is 3.16. The fraction of sp³-hybridized carbons (Fsp3) is 0.500. The van der Waals surface area contributed by atoms with Crippen LogP contribution in [-0.4, -0.2) is 25.4 Å². The molecule has 0 aliphatic carbocycles. The molecule has 0 aromatic heterocycles. The van der Waals surface area contributed by atoms with Crippen LogP contribution in [-0.2, 0) is 16.0 Å². The Morgan fingerprint density at radius 3 is 2.58 bits per heavy atom. The highest BCUT2D eigenvalue weighted by Gasteiger charge is 2.38. The third kappa shape index (κ3) is 2.76. The molecule has 0 radical (unpaired) electrons. The van der Waals surface area contributed by atoms with Crippen LogP contribution in [0.4, 0.5) is 13.2 Å². The minimum Gasteiger partial charge on any atom is -0.393 e. The first-order valence-electron chi connectivity index (χ1n) is 5.73. The molecular weight excluding hydrogens is 281 g/mol. The topological polar surface area (TPSA) is 54.4 Å². The molecule has 2 atom stereocenters. The number of alkyl halides is 3. The van der Waals surface area contributed by atoms with Crippen LogP contribution in [0, 0.1) is 0 Å². The minimum atomic E-state index is -4.50. The molecule has 0 saturated heterocycles. The van der Waals surface area contributed by atoms with Crippen LogP contribution >= 0.6 is 0 Å². The van der Waals surface area contributed by atoms with Gasteiger partial charge in [-0.2, -0.15) is 13.2 Å². The SMILES string of the molecule is CC(O)CC1CS(=O)(=O)c2ccc(C(F)(F)F)cc21. The van der Waals surface area contributed by atoms with Crippen molar-refractivity contribution in [1.82, 2.24) is 0 Å². The van der Waals surface area contributed by atoms with E-state index >= 15 is 0 Å². The molecule has 2 unspecified atom stereocenters. The van der Waals surface area contributed by atoms with Crippen molar-refractivity contribution in [3.8, 4) is 0 Å². The summed E-state index contributed by atoms with van der Waals surface area (Å²) < 4.78 is 61.6. The number of benzene rings is 1. The fourth-order valence-electron chi connectivity index (χ4n) is 2.38. The number of rotatable bonds is 2. The lowest BCUT2D eigenvalue weighted by Gasteiger charge is -2.14. The highest BCUT2D eigenvalue weighted by atomic mass is 32.2. The van der Waals surface area contributed by atoms with E-state index < -0.39 is 33.6 Å². The number of hydrogen-bond donors (Lipinski definition) is 1. The Balaban J connectivity index is 2.51. The monoisotopic (exact) mass is 294 g/mol. The molecule has 1 aromatic carbocycles. The van der Waals surface area contributed by atoms with Crippen LogP contribution in [0.25, 0.3) is 0 Å². The van der Waals surface area contributed by atoms with Crippen molar-refractivity contribution < 1.29 is 26.7 Å². The summed E-state index contributed by atoms with van der Waals surface area (Å²) in [5.41, 5.74) is -0.699. The lowest BCUT2D eigenvalue weighted by molar-refractivity contribution is -0.137. The lowest BCUT2D eigenvalue weighted by atomic mass is 9.94. The zero-order chi connectivity index (χ0) is 14.4. The average molecular weight is 294 g/mol. The van der Waals surface area contributed by atoms with Gasteiger partial charge in [-0.3, -0.25) is 0 Å². The number of hydrogen-bond acceptors (Lipinski definition) is 3. The Bertz CT molecular complexity index is 591. The summed E-state index contributed by atoms with van der Waals surface area (Å²) in [6, 6.07) is 2.67. The molecule has 1 heterocycles. The maximum atomic E-state index is 12.6. The zero-order valence-electron chi connectivity index (χ0n) is 10.1. The first-order chi connectivity index (χ1) is 8.61. The van der Waals surface area contributed by atoms with Crippen molar-refractivity contribution in [2.75, 3.05) is 5.75 Å². The van der Waals surface area contributed by atoms with Gasteiger partial charge in [0.25, 0.3) is 0 Å². The summed E-state index contributed by atoms with van der Waals surface area (Å²) in [7, 11) is -3.54. The van der Waals surface area contributed by atoms with Crippen LogP contribution in [0.15, 0.2) is 23.1 Å². The molecule has 1 aliphatic rings. The zero-order valence-corrected chi connectivity index (χ0v) is 10.9. The summed E-state index contributed by atoms with van der Waals surface area (Å²) in [6.45, 7) is 1.48. The van der Waals surface area contributed by atoms with E-state index in [0.29, 0.717) is 0 Å². The molecule has 3 nitrogen and oxygen atoms in total. The number of sulfone groups is 1. The smallest absolute Gasteiger partial charge is 0.393 e. The van der Waals surface area contributed by atoms with Gasteiger partial charge in [-0.1, -0.05) is 0 Å². The first kappa shape index (κ1) is 14.3. The maximum Gasteiger partial charge on any atom is 0.416 e. The molecule has 1 N–H and O–H groups in total. The Labute approximate surface area is 109 Å². The van der Waals surface area contributed by atoms with Gasteiger partial charge < -0.3 is 5.11 Å². The van der Waals surface area contributed by atoms with E-state index in [0.717, 1.165) is 18.2 Å². The second-order valence-corrected chi connectivity index (χ2v) is 6.82. The van der Waals surface area contributed by atoms with Crippen molar-refractivity contribution in [3.05, 3.63) is 29.3 Å². The molecule has 19 heavy (non-hydrogen) atoms. The summed E-state index contributed by atoms with van der Waals surface area (Å²) >= 11 is 0. The van der Waals surface area contributed by atoms with Gasteiger partial charge in [-0.15, -0.1) is 0 Å². The van der Waals surface area contributed by atoms with E-state index in [1.165, 1.54) is 6.92 Å². The Morgan fingerprint density at radius 1 is 1.42 bits per heavy atom. The normalized spacial score (nSPS) is 23.1. The molecule has 0 amide bonds. The van der Waals surface area contributed by atoms with Crippen LogP contribution in [0.2, 0.25) is 0 Å². The maximum absolute atomic E-state index is 12.6. The molecule has 1 aliphatic heterocycles. The quantitative estimate of drug-likeness (QED) is 0.911. The summed E-state index contributed by atoms with van der Waals surface area (Å²) in [4.78, 5) is -0.0499. The molecule has 7 heteroatoms. The standard InChI is InChI=1S/C12H13F3O3S/c1-7(16)4-8-6-19(17,18)11-3-2-9(5-10(8)11)12(13,14)15/h2-3,5,7-8,16H,4,6H2,1H3. The molecule has 2 rings (SSSR count). The molecule has 1 aromatic rings. The van der Waals surface area contributed by atoms with Crippen molar-refractivity contribution in [2.45, 2.75) is 36.4 Å². The molecule has 0 fully saturated rings. The van der Waals surface area contributed by atoms with Gasteiger partial charge >= 0.3 is 6.18 Å². The van der Waals surface area contributed by atoms with Crippen molar-refractivity contribution in [2.24, 2.45) is 0 Å². The molecule has 0 bridgehead atoms. The van der Waals surface area contributed by atoms with E-state index in [4.69, 9.17) is 0 Å². The van der Waals surface area contributed by atoms with E-state index in [1.54, 1.807) is 0 Å². The van der Waals surface area contributed by atoms with Gasteiger partial charge in [0.05, 0.1) is 22.3 Å². The Kier molecular flexibility index (Phi) is 3.38. The molecule has 106 valence electrons. The van der Waals surface area contributed by atoms with E-state index in [2.05, 4.69) is 0 Å². The number of halogens is 3. The first-order valence-corrected chi connectivity index (χ1v) is 7.38. The van der Waals surface area contributed by atoms with Crippen molar-refractivity contribution in [1.29, 1.82) is 0 Å². The predicted molar refractivity (Wildman–Crippen MR) is 62.5 cm³/mol. The van der Waals surface area contributed by atoms with Gasteiger partial charge in [-0.05, 0) is 37.1 Å². The second kappa shape index (κ2) is 4.49. The van der Waals surface area contributed by atoms with Crippen LogP contribution in [0.1, 0.15) is 30.4 Å². The average Bonchev–Trinajstić information content (AvgIpc) is 2.48. The molecule has 0 saturated carbocycles. The summed E-state index contributed by atoms with van der Waals surface area (Å²) in [5, 5.41) is 9.32. The van der Waals surface area contributed by atoms with Crippen molar-refractivity contribution in [3.63, 3.8) is 0 Å². The van der Waals surface area contributed by atoms with Gasteiger partial charge in [0.15, 0.2) is 9.84 Å². The highest BCUT2D eigenvalue weighted by molar-refractivity contribution is 7.91. The van der Waals surface area contributed by atoms with Crippen molar-refractivity contribution >= 4 is 9.84 Å². The van der Waals surface area contributed by atoms with E-state index in [9.17, 15) is 26.7 Å². The molecular formula is C12H13F3O3S. The lowest BCUT2D eigenvalue weighted by Crippen LogP contribution is -2.11. The van der Waals surface area contributed by atoms with E-state index in [-0.39, 0.29) is 22.6 Å². The Morgan fingerprint density at radius 2 is 2.05 bits per heavy atom. The number of fused-ring (bicyclic) bond motifs is 1. The Hall–Kier alpha value is -1.08. The van der Waals surface area contributed by atoms with Gasteiger partial charge in [0.2, 0.25) is 0 Å². The summed E-state index contributed by atoms with van der Waals surface area (Å²) in [6.07, 6.45) is -5.13. The fourth-order valence-corrected chi connectivity index (χ4v) is 4.26.